The van der Waals surface area contributed by atoms with E-state index in [0.29, 0.717) is 51.1 Å². The van der Waals surface area contributed by atoms with Crippen LogP contribution in [-0.2, 0) is 43.8 Å². The van der Waals surface area contributed by atoms with Crippen LogP contribution in [0.1, 0.15) is 60.2 Å². The van der Waals surface area contributed by atoms with Gasteiger partial charge in [0, 0.05) is 49.0 Å². The molecule has 304 valence electrons. The number of halogens is 2. The van der Waals surface area contributed by atoms with Crippen molar-refractivity contribution in [2.24, 2.45) is 0 Å². The van der Waals surface area contributed by atoms with E-state index in [2.05, 4.69) is 54.5 Å². The lowest BCUT2D eigenvalue weighted by atomic mass is 10.1. The summed E-state index contributed by atoms with van der Waals surface area (Å²) in [4.78, 5) is 49.9. The Balaban J connectivity index is 0.000000177. The van der Waals surface area contributed by atoms with Crippen LogP contribution in [0.4, 0.5) is 11.6 Å². The van der Waals surface area contributed by atoms with Gasteiger partial charge in [-0.2, -0.15) is 0 Å². The molecule has 0 fully saturated rings. The molecule has 2 aliphatic heterocycles. The molecule has 0 atom stereocenters. The van der Waals surface area contributed by atoms with Gasteiger partial charge in [0.05, 0.1) is 41.6 Å². The summed E-state index contributed by atoms with van der Waals surface area (Å²) in [7, 11) is 7.34. The number of aromatic nitrogens is 4. The van der Waals surface area contributed by atoms with E-state index in [1.165, 1.54) is 20.9 Å². The minimum absolute atomic E-state index is 0.0755. The largest absolute Gasteiger partial charge is 0.495 e. The number of anilines is 2. The van der Waals surface area contributed by atoms with Crippen molar-refractivity contribution in [1.82, 2.24) is 29.7 Å². The molecule has 6 aromatic rings. The van der Waals surface area contributed by atoms with Gasteiger partial charge in [0.15, 0.2) is 0 Å². The highest BCUT2D eigenvalue weighted by atomic mass is 35.5. The van der Waals surface area contributed by atoms with Crippen LogP contribution in [0.15, 0.2) is 36.4 Å². The fourth-order valence-electron chi connectivity index (χ4n) is 6.90. The molecule has 0 radical (unpaired) electrons. The number of carboxylic acid groups (broad SMARTS) is 1. The number of methoxy groups -OCH3 is 2. The van der Waals surface area contributed by atoms with Crippen LogP contribution in [0.25, 0.3) is 20.4 Å². The van der Waals surface area contributed by atoms with Gasteiger partial charge in [-0.15, -0.1) is 22.7 Å². The number of ether oxygens (including phenoxy) is 3. The van der Waals surface area contributed by atoms with Crippen LogP contribution in [0.5, 0.6) is 11.5 Å². The van der Waals surface area contributed by atoms with Crippen LogP contribution >= 0.6 is 45.9 Å². The first-order chi connectivity index (χ1) is 28.0. The third-order valence-electron chi connectivity index (χ3n) is 9.78. The van der Waals surface area contributed by atoms with E-state index >= 15 is 0 Å². The SMILES string of the molecule is CCOC(=O)c1nc(NCc2ccc(OC)c(Cl)c2)c2c3c(sc2n1)CN(C)CC3.COc1ccc(CNc2nc(C(=O)O)nc3sc4c(c23)CCN(C)C4)cc1Cl. The van der Waals surface area contributed by atoms with Crippen molar-refractivity contribution in [3.63, 3.8) is 0 Å². The van der Waals surface area contributed by atoms with Crippen LogP contribution < -0.4 is 20.1 Å². The second-order valence-electron chi connectivity index (χ2n) is 13.8. The predicted molar refractivity (Wildman–Crippen MR) is 228 cm³/mol. The summed E-state index contributed by atoms with van der Waals surface area (Å²) in [5, 5.41) is 19.1. The lowest BCUT2D eigenvalue weighted by molar-refractivity contribution is 0.0512. The van der Waals surface area contributed by atoms with E-state index in [0.717, 1.165) is 65.8 Å². The minimum Gasteiger partial charge on any atom is -0.495 e. The molecule has 0 amide bonds. The third kappa shape index (κ3) is 8.92. The van der Waals surface area contributed by atoms with Gasteiger partial charge in [-0.25, -0.2) is 29.5 Å². The maximum atomic E-state index is 12.3. The standard InChI is InChI=1S/C21H23ClN4O3S.C19H19ClN4O3S/c1-4-29-21(27)19-24-18(23-10-12-5-6-15(28-3)14(22)9-12)17-13-7-8-26(2)11-16(13)30-20(17)25-19;1-24-6-5-11-14(9-24)28-18-15(11)16(22-17(23-18)19(25)26)21-8-10-3-4-13(27-2)12(20)7-10/h5-6,9H,4,7-8,10-11H2,1-3H3,(H,23,24,25);3-4,7H,5-6,8-9H2,1-2H3,(H,25,26)(H,21,22,23). The number of hydrogen-bond acceptors (Lipinski definition) is 15. The number of benzene rings is 2. The van der Waals surface area contributed by atoms with Crippen molar-refractivity contribution < 1.29 is 28.9 Å². The Hall–Kier alpha value is -4.84. The van der Waals surface area contributed by atoms with E-state index in [1.54, 1.807) is 49.9 Å². The summed E-state index contributed by atoms with van der Waals surface area (Å²) < 4.78 is 15.5. The van der Waals surface area contributed by atoms with Gasteiger partial charge in [0.2, 0.25) is 11.6 Å². The number of aromatic carboxylic acids is 1. The number of fused-ring (bicyclic) bond motifs is 6. The number of nitrogens with zero attached hydrogens (tertiary/aromatic N) is 6. The summed E-state index contributed by atoms with van der Waals surface area (Å²) in [6.45, 7) is 6.65. The van der Waals surface area contributed by atoms with E-state index < -0.39 is 11.9 Å². The molecule has 0 unspecified atom stereocenters. The molecule has 2 aliphatic rings. The van der Waals surface area contributed by atoms with Crippen molar-refractivity contribution >= 4 is 89.9 Å². The summed E-state index contributed by atoms with van der Waals surface area (Å²) in [5.74, 6) is 0.665. The molecule has 2 aromatic carbocycles. The molecule has 58 heavy (non-hydrogen) atoms. The van der Waals surface area contributed by atoms with Crippen LogP contribution in [0.2, 0.25) is 10.0 Å². The molecule has 4 aromatic heterocycles. The number of esters is 1. The molecule has 18 heteroatoms. The van der Waals surface area contributed by atoms with Crippen LogP contribution in [-0.4, -0.2) is 94.8 Å². The first-order valence-electron chi connectivity index (χ1n) is 18.5. The van der Waals surface area contributed by atoms with Crippen LogP contribution in [0, 0.1) is 0 Å². The molecule has 0 bridgehead atoms. The maximum Gasteiger partial charge on any atom is 0.376 e. The van der Waals surface area contributed by atoms with Gasteiger partial charge in [-0.05, 0) is 80.4 Å². The minimum atomic E-state index is -1.14. The van der Waals surface area contributed by atoms with Gasteiger partial charge in [-0.3, -0.25) is 0 Å². The predicted octanol–water partition coefficient (Wildman–Crippen LogP) is 7.78. The van der Waals surface area contributed by atoms with Crippen LogP contribution in [0.3, 0.4) is 0 Å². The molecule has 8 rings (SSSR count). The monoisotopic (exact) mass is 864 g/mol. The fraction of sp³-hybridized carbons (Fsp3) is 0.350. The topological polar surface area (TPSA) is 164 Å². The average Bonchev–Trinajstić information content (AvgIpc) is 3.76. The number of nitrogens with one attached hydrogen (secondary N) is 2. The second kappa shape index (κ2) is 18.0. The Labute approximate surface area is 353 Å². The summed E-state index contributed by atoms with van der Waals surface area (Å²) >= 11 is 15.6. The quantitative estimate of drug-likeness (QED) is 0.108. The van der Waals surface area contributed by atoms with Crippen molar-refractivity contribution in [3.05, 3.63) is 90.1 Å². The van der Waals surface area contributed by atoms with Gasteiger partial charge in [0.25, 0.3) is 0 Å². The molecule has 0 saturated carbocycles. The highest BCUT2D eigenvalue weighted by molar-refractivity contribution is 7.19. The first kappa shape index (κ1) is 41.3. The number of carboxylic acids is 1. The Morgan fingerprint density at radius 1 is 0.759 bits per heavy atom. The highest BCUT2D eigenvalue weighted by Crippen LogP contribution is 2.39. The number of hydrogen-bond donors (Lipinski definition) is 3. The van der Waals surface area contributed by atoms with E-state index in [1.807, 2.05) is 30.3 Å². The normalized spacial score (nSPS) is 14.0. The maximum absolute atomic E-state index is 12.3. The van der Waals surface area contributed by atoms with E-state index in [-0.39, 0.29) is 18.3 Å². The molecule has 3 N–H and O–H groups in total. The summed E-state index contributed by atoms with van der Waals surface area (Å²) in [6.07, 6.45) is 1.82. The van der Waals surface area contributed by atoms with Gasteiger partial charge >= 0.3 is 11.9 Å². The third-order valence-corrected chi connectivity index (χ3v) is 12.6. The number of likely N-dealkylation sites (N-methyl/N-ethyl adjacent to an activating group) is 2. The number of carbonyl (C=O) groups excluding carboxylic acids is 1. The summed E-state index contributed by atoms with van der Waals surface area (Å²) in [5.41, 5.74) is 4.40. The molecular formula is C40H42Cl2N8O6S2. The Kier molecular flexibility index (Phi) is 12.8. The van der Waals surface area contributed by atoms with E-state index in [4.69, 9.17) is 37.4 Å². The Morgan fingerprint density at radius 2 is 1.22 bits per heavy atom. The Morgan fingerprint density at radius 3 is 1.66 bits per heavy atom. The fourth-order valence-corrected chi connectivity index (χ4v) is 10.1. The zero-order chi connectivity index (χ0) is 41.1. The smallest absolute Gasteiger partial charge is 0.376 e. The molecule has 0 aliphatic carbocycles. The van der Waals surface area contributed by atoms with E-state index in [9.17, 15) is 14.7 Å². The molecule has 0 saturated heterocycles. The molecule has 6 heterocycles. The van der Waals surface area contributed by atoms with Crippen molar-refractivity contribution in [1.29, 1.82) is 0 Å². The van der Waals surface area contributed by atoms with Crippen molar-refractivity contribution in [3.8, 4) is 11.5 Å². The van der Waals surface area contributed by atoms with Gasteiger partial charge in [0.1, 0.15) is 32.8 Å². The van der Waals surface area contributed by atoms with Gasteiger partial charge in [-0.1, -0.05) is 35.3 Å². The number of thiophene rings is 2. The average molecular weight is 866 g/mol. The van der Waals surface area contributed by atoms with Crippen molar-refractivity contribution in [2.75, 3.05) is 58.6 Å². The zero-order valence-corrected chi connectivity index (χ0v) is 35.7. The number of rotatable bonds is 11. The second-order valence-corrected chi connectivity index (χ2v) is 16.8. The summed E-state index contributed by atoms with van der Waals surface area (Å²) in [6, 6.07) is 11.2. The lowest BCUT2D eigenvalue weighted by Gasteiger charge is -2.22. The molecule has 0 spiro atoms. The first-order valence-corrected chi connectivity index (χ1v) is 20.9. The number of carbonyl (C=O) groups is 2. The highest BCUT2D eigenvalue weighted by Gasteiger charge is 2.26. The van der Waals surface area contributed by atoms with Gasteiger partial charge < -0.3 is 39.8 Å². The van der Waals surface area contributed by atoms with Crippen molar-refractivity contribution in [2.45, 2.75) is 45.9 Å². The zero-order valence-electron chi connectivity index (χ0n) is 32.6. The molecular weight excluding hydrogens is 824 g/mol. The lowest BCUT2D eigenvalue weighted by Crippen LogP contribution is -2.25. The molecule has 14 nitrogen and oxygen atoms in total. The Bertz CT molecular complexity index is 2510.